The van der Waals surface area contributed by atoms with Crippen LogP contribution in [0.25, 0.3) is 0 Å². The van der Waals surface area contributed by atoms with Crippen molar-refractivity contribution in [3.63, 3.8) is 0 Å². The molecule has 1 saturated heterocycles. The standard InChI is InChI=1S/C15H22N2O2S/c1-4-15(3)14(19)17(11(2)9-13(18)16-15)7-5-12-6-8-20-10-12/h6,8,10-11H,4-5,7,9H2,1-3H3,(H,16,18). The van der Waals surface area contributed by atoms with Gasteiger partial charge in [-0.25, -0.2) is 0 Å². The number of nitrogens with one attached hydrogen (secondary N) is 1. The Labute approximate surface area is 124 Å². The molecular formula is C15H22N2O2S. The number of nitrogens with zero attached hydrogens (tertiary/aromatic N) is 1. The maximum absolute atomic E-state index is 12.7. The highest BCUT2D eigenvalue weighted by molar-refractivity contribution is 7.07. The van der Waals surface area contributed by atoms with Crippen LogP contribution in [-0.2, 0) is 16.0 Å². The van der Waals surface area contributed by atoms with E-state index in [1.165, 1.54) is 5.56 Å². The molecule has 1 N–H and O–H groups in total. The molecule has 1 aromatic heterocycles. The zero-order valence-corrected chi connectivity index (χ0v) is 13.1. The molecule has 0 bridgehead atoms. The summed E-state index contributed by atoms with van der Waals surface area (Å²) in [6.07, 6.45) is 1.83. The monoisotopic (exact) mass is 294 g/mol. The summed E-state index contributed by atoms with van der Waals surface area (Å²) in [5, 5.41) is 7.03. The first-order chi connectivity index (χ1) is 9.46. The van der Waals surface area contributed by atoms with Gasteiger partial charge in [-0.2, -0.15) is 11.3 Å². The van der Waals surface area contributed by atoms with Gasteiger partial charge in [-0.05, 0) is 49.1 Å². The Morgan fingerprint density at radius 2 is 2.25 bits per heavy atom. The molecule has 1 aromatic rings. The lowest BCUT2D eigenvalue weighted by molar-refractivity contribution is -0.139. The van der Waals surface area contributed by atoms with Crippen LogP contribution in [0.15, 0.2) is 16.8 Å². The van der Waals surface area contributed by atoms with Crippen LogP contribution < -0.4 is 5.32 Å². The highest BCUT2D eigenvalue weighted by atomic mass is 32.1. The van der Waals surface area contributed by atoms with Crippen molar-refractivity contribution in [2.75, 3.05) is 6.54 Å². The topological polar surface area (TPSA) is 49.4 Å². The van der Waals surface area contributed by atoms with E-state index in [-0.39, 0.29) is 17.9 Å². The van der Waals surface area contributed by atoms with Crippen molar-refractivity contribution < 1.29 is 9.59 Å². The molecule has 20 heavy (non-hydrogen) atoms. The predicted octanol–water partition coefficient (Wildman–Crippen LogP) is 2.20. The summed E-state index contributed by atoms with van der Waals surface area (Å²) < 4.78 is 0. The predicted molar refractivity (Wildman–Crippen MR) is 80.7 cm³/mol. The minimum Gasteiger partial charge on any atom is -0.342 e. The van der Waals surface area contributed by atoms with Crippen molar-refractivity contribution in [2.24, 2.45) is 0 Å². The molecule has 0 aliphatic carbocycles. The Morgan fingerprint density at radius 1 is 1.50 bits per heavy atom. The van der Waals surface area contributed by atoms with E-state index in [0.717, 1.165) is 6.42 Å². The van der Waals surface area contributed by atoms with Crippen molar-refractivity contribution in [2.45, 2.75) is 51.6 Å². The van der Waals surface area contributed by atoms with Gasteiger partial charge in [0.1, 0.15) is 5.54 Å². The second-order valence-corrected chi connectivity index (χ2v) is 6.45. The Bertz CT molecular complexity index is 486. The van der Waals surface area contributed by atoms with Crippen LogP contribution in [0.2, 0.25) is 0 Å². The third kappa shape index (κ3) is 3.03. The first-order valence-corrected chi connectivity index (χ1v) is 8.03. The van der Waals surface area contributed by atoms with Gasteiger partial charge in [-0.3, -0.25) is 9.59 Å². The van der Waals surface area contributed by atoms with Gasteiger partial charge in [0.25, 0.3) is 0 Å². The Hall–Kier alpha value is -1.36. The van der Waals surface area contributed by atoms with Gasteiger partial charge in [0.2, 0.25) is 11.8 Å². The number of hydrogen-bond acceptors (Lipinski definition) is 3. The Morgan fingerprint density at radius 3 is 2.85 bits per heavy atom. The van der Waals surface area contributed by atoms with E-state index >= 15 is 0 Å². The molecule has 0 aromatic carbocycles. The van der Waals surface area contributed by atoms with Crippen molar-refractivity contribution in [3.8, 4) is 0 Å². The quantitative estimate of drug-likeness (QED) is 0.925. The molecule has 2 heterocycles. The molecule has 2 amide bonds. The lowest BCUT2D eigenvalue weighted by Gasteiger charge is -2.33. The average molecular weight is 294 g/mol. The van der Waals surface area contributed by atoms with Crippen molar-refractivity contribution in [1.82, 2.24) is 10.2 Å². The van der Waals surface area contributed by atoms with Crippen LogP contribution in [0.4, 0.5) is 0 Å². The molecule has 2 unspecified atom stereocenters. The van der Waals surface area contributed by atoms with E-state index in [2.05, 4.69) is 16.8 Å². The number of rotatable bonds is 4. The summed E-state index contributed by atoms with van der Waals surface area (Å²) >= 11 is 1.67. The van der Waals surface area contributed by atoms with E-state index in [4.69, 9.17) is 0 Å². The van der Waals surface area contributed by atoms with Gasteiger partial charge in [-0.1, -0.05) is 6.92 Å². The normalized spacial score (nSPS) is 27.4. The fraction of sp³-hybridized carbons (Fsp3) is 0.600. The summed E-state index contributed by atoms with van der Waals surface area (Å²) in [5.41, 5.74) is 0.480. The summed E-state index contributed by atoms with van der Waals surface area (Å²) in [5.74, 6) is 0.00168. The molecule has 1 fully saturated rings. The SMILES string of the molecule is CCC1(C)NC(=O)CC(C)N(CCc2ccsc2)C1=O. The van der Waals surface area contributed by atoms with E-state index in [1.807, 2.05) is 31.1 Å². The average Bonchev–Trinajstić information content (AvgIpc) is 2.88. The van der Waals surface area contributed by atoms with Crippen LogP contribution in [-0.4, -0.2) is 34.8 Å². The summed E-state index contributed by atoms with van der Waals surface area (Å²) in [7, 11) is 0. The molecule has 0 saturated carbocycles. The molecule has 4 nitrogen and oxygen atoms in total. The van der Waals surface area contributed by atoms with Crippen LogP contribution in [0.1, 0.15) is 39.2 Å². The molecule has 5 heteroatoms. The first-order valence-electron chi connectivity index (χ1n) is 7.09. The number of hydrogen-bond donors (Lipinski definition) is 1. The highest BCUT2D eigenvalue weighted by Crippen LogP contribution is 2.21. The molecule has 2 rings (SSSR count). The number of carbonyl (C=O) groups is 2. The van der Waals surface area contributed by atoms with Crippen LogP contribution >= 0.6 is 11.3 Å². The molecule has 0 spiro atoms. The summed E-state index contributed by atoms with van der Waals surface area (Å²) in [4.78, 5) is 26.5. The largest absolute Gasteiger partial charge is 0.342 e. The lowest BCUT2D eigenvalue weighted by atomic mass is 9.97. The van der Waals surface area contributed by atoms with Crippen molar-refractivity contribution in [1.29, 1.82) is 0 Å². The third-order valence-electron chi connectivity index (χ3n) is 4.09. The highest BCUT2D eigenvalue weighted by Gasteiger charge is 2.41. The fourth-order valence-electron chi connectivity index (χ4n) is 2.55. The minimum absolute atomic E-state index is 0.0340. The molecule has 110 valence electrons. The van der Waals surface area contributed by atoms with Gasteiger partial charge in [0.05, 0.1) is 0 Å². The zero-order valence-electron chi connectivity index (χ0n) is 12.3. The Kier molecular flexibility index (Phi) is 4.48. The van der Waals surface area contributed by atoms with E-state index in [9.17, 15) is 9.59 Å². The first kappa shape index (κ1) is 15.0. The smallest absolute Gasteiger partial charge is 0.248 e. The minimum atomic E-state index is -0.767. The lowest BCUT2D eigenvalue weighted by Crippen LogP contribution is -2.55. The fourth-order valence-corrected chi connectivity index (χ4v) is 3.26. The van der Waals surface area contributed by atoms with E-state index in [0.29, 0.717) is 19.4 Å². The number of thiophene rings is 1. The second-order valence-electron chi connectivity index (χ2n) is 5.67. The number of carbonyl (C=O) groups excluding carboxylic acids is 2. The Balaban J connectivity index is 2.15. The van der Waals surface area contributed by atoms with E-state index < -0.39 is 5.54 Å². The maximum atomic E-state index is 12.7. The zero-order chi connectivity index (χ0) is 14.8. The molecule has 1 aliphatic rings. The summed E-state index contributed by atoms with van der Waals surface area (Å²) in [6, 6.07) is 2.04. The number of amides is 2. The second kappa shape index (κ2) is 5.95. The van der Waals surface area contributed by atoms with Crippen molar-refractivity contribution >= 4 is 23.2 Å². The van der Waals surface area contributed by atoms with Crippen LogP contribution in [0, 0.1) is 0 Å². The molecule has 2 atom stereocenters. The van der Waals surface area contributed by atoms with Gasteiger partial charge in [0, 0.05) is 19.0 Å². The van der Waals surface area contributed by atoms with Crippen molar-refractivity contribution in [3.05, 3.63) is 22.4 Å². The third-order valence-corrected chi connectivity index (χ3v) is 4.82. The van der Waals surface area contributed by atoms with E-state index in [1.54, 1.807) is 11.3 Å². The van der Waals surface area contributed by atoms with Gasteiger partial charge >= 0.3 is 0 Å². The summed E-state index contributed by atoms with van der Waals surface area (Å²) in [6.45, 7) is 6.38. The van der Waals surface area contributed by atoms with Crippen LogP contribution in [0.5, 0.6) is 0 Å². The van der Waals surface area contributed by atoms with Gasteiger partial charge < -0.3 is 10.2 Å². The van der Waals surface area contributed by atoms with Gasteiger partial charge in [-0.15, -0.1) is 0 Å². The van der Waals surface area contributed by atoms with Gasteiger partial charge in [0.15, 0.2) is 0 Å². The molecule has 1 aliphatic heterocycles. The van der Waals surface area contributed by atoms with Crippen LogP contribution in [0.3, 0.4) is 0 Å². The molecule has 0 radical (unpaired) electrons. The maximum Gasteiger partial charge on any atom is 0.248 e. The molecular weight excluding hydrogens is 272 g/mol.